The van der Waals surface area contributed by atoms with E-state index in [1.165, 1.54) is 25.9 Å². The minimum absolute atomic E-state index is 0.112. The van der Waals surface area contributed by atoms with Crippen LogP contribution >= 0.6 is 0 Å². The molecule has 57 heavy (non-hydrogen) atoms. The van der Waals surface area contributed by atoms with Crippen molar-refractivity contribution in [1.29, 1.82) is 0 Å². The minimum Gasteiger partial charge on any atom is -0.490 e. The van der Waals surface area contributed by atoms with Gasteiger partial charge in [-0.05, 0) is 102 Å². The first kappa shape index (κ1) is 39.4. The molecule has 306 valence electrons. The maximum absolute atomic E-state index is 16.9. The average molecular weight is 783 g/mol. The van der Waals surface area contributed by atoms with E-state index in [1.54, 1.807) is 6.26 Å². The third-order valence-corrected chi connectivity index (χ3v) is 11.7. The van der Waals surface area contributed by atoms with Crippen LogP contribution in [0.15, 0.2) is 47.1 Å². The number of allylic oxidation sites excluding steroid dienone is 1. The molecule has 13 nitrogen and oxygen atoms in total. The van der Waals surface area contributed by atoms with E-state index in [4.69, 9.17) is 23.9 Å². The van der Waals surface area contributed by atoms with Crippen molar-refractivity contribution in [2.45, 2.75) is 89.8 Å². The van der Waals surface area contributed by atoms with Crippen molar-refractivity contribution in [2.75, 3.05) is 75.9 Å². The van der Waals surface area contributed by atoms with Crippen molar-refractivity contribution >= 4 is 39.7 Å². The van der Waals surface area contributed by atoms with Gasteiger partial charge in [0, 0.05) is 67.8 Å². The van der Waals surface area contributed by atoms with Crippen LogP contribution in [0.2, 0.25) is 0 Å². The van der Waals surface area contributed by atoms with Gasteiger partial charge in [0.1, 0.15) is 24.0 Å². The number of anilines is 4. The maximum Gasteiger partial charge on any atom is 0.229 e. The number of nitrogens with zero attached hydrogens (tertiary/aromatic N) is 4. The third-order valence-electron chi connectivity index (χ3n) is 11.7. The Bertz CT molecular complexity index is 2030. The van der Waals surface area contributed by atoms with Crippen LogP contribution in [0.25, 0.3) is 16.5 Å². The number of rotatable bonds is 15. The Morgan fingerprint density at radius 3 is 2.72 bits per heavy atom. The molecule has 0 bridgehead atoms. The van der Waals surface area contributed by atoms with Gasteiger partial charge in [-0.3, -0.25) is 15.5 Å². The minimum atomic E-state index is -0.299. The topological polar surface area (TPSA) is 136 Å². The Hall–Kier alpha value is -4.47. The first-order chi connectivity index (χ1) is 27.8. The number of ether oxygens (including phenoxy) is 2. The molecule has 2 aromatic heterocycles. The number of hydrogen-bond acceptors (Lipinski definition) is 13. The highest BCUT2D eigenvalue weighted by Crippen LogP contribution is 2.44. The number of likely N-dealkylation sites (tertiary alicyclic amines) is 1. The van der Waals surface area contributed by atoms with Gasteiger partial charge in [-0.25, -0.2) is 9.37 Å². The number of benzene rings is 2. The van der Waals surface area contributed by atoms with Crippen molar-refractivity contribution in [3.05, 3.63) is 65.3 Å². The number of hydrogen-bond donors (Lipinski definition) is 6. The molecule has 8 rings (SSSR count). The molecule has 0 aliphatic carbocycles. The summed E-state index contributed by atoms with van der Waals surface area (Å²) in [5.74, 6) is 2.21. The second-order valence-electron chi connectivity index (χ2n) is 15.9. The van der Waals surface area contributed by atoms with E-state index in [9.17, 15) is 0 Å². The van der Waals surface area contributed by atoms with Gasteiger partial charge in [-0.1, -0.05) is 13.0 Å². The standard InChI is InChI=1S/C43H59FN10O3/c1-5-53-15-8-10-28(11-17-53)38-39(44)34(50-42-47-27(2)20-36(45-3)51-42)23-30-22-33(57-41(30)38)24-32-26-37(46-4)52-43(49-32)48-31-21-29-12-19-56-40(29)35(25-31)55-18-9-16-54-13-6-7-14-54/h11-12,19,21,23,25-27,33,36,42,45,47,50-51H,5-10,13-18,20,22,24H2,1-4H3,(H2,46,48,49,52). The van der Waals surface area contributed by atoms with Gasteiger partial charge in [0.05, 0.1) is 36.0 Å². The van der Waals surface area contributed by atoms with Crippen LogP contribution in [0.1, 0.15) is 69.2 Å². The molecule has 6 N–H and O–H groups in total. The van der Waals surface area contributed by atoms with Gasteiger partial charge in [-0.15, -0.1) is 0 Å². The van der Waals surface area contributed by atoms with Gasteiger partial charge in [0.2, 0.25) is 5.95 Å². The Morgan fingerprint density at radius 1 is 1.04 bits per heavy atom. The van der Waals surface area contributed by atoms with Gasteiger partial charge in [0.15, 0.2) is 17.1 Å². The second kappa shape index (κ2) is 18.0. The summed E-state index contributed by atoms with van der Waals surface area (Å²) in [6.07, 6.45) is 10.8. The number of halogens is 1. The highest BCUT2D eigenvalue weighted by atomic mass is 19.1. The van der Waals surface area contributed by atoms with Crippen LogP contribution < -0.4 is 41.4 Å². The molecule has 2 saturated heterocycles. The summed E-state index contributed by atoms with van der Waals surface area (Å²) in [6, 6.07) is 10.0. The van der Waals surface area contributed by atoms with Crippen molar-refractivity contribution in [3.8, 4) is 11.5 Å². The molecule has 0 spiro atoms. The molecule has 4 aliphatic heterocycles. The average Bonchev–Trinajstić information content (AvgIpc) is 3.95. The van der Waals surface area contributed by atoms with Gasteiger partial charge >= 0.3 is 0 Å². The predicted octanol–water partition coefficient (Wildman–Crippen LogP) is 6.27. The fraction of sp³-hybridized carbons (Fsp3) is 0.535. The number of aromatic nitrogens is 2. The Labute approximate surface area is 335 Å². The number of furan rings is 1. The maximum atomic E-state index is 16.9. The Kier molecular flexibility index (Phi) is 12.4. The fourth-order valence-electron chi connectivity index (χ4n) is 8.70. The summed E-state index contributed by atoms with van der Waals surface area (Å²) in [5.41, 5.74) is 5.39. The molecule has 4 aromatic rings. The van der Waals surface area contributed by atoms with Gasteiger partial charge in [0.25, 0.3) is 0 Å². The zero-order chi connectivity index (χ0) is 39.3. The summed E-state index contributed by atoms with van der Waals surface area (Å²) >= 11 is 0. The summed E-state index contributed by atoms with van der Waals surface area (Å²) < 4.78 is 35.7. The van der Waals surface area contributed by atoms with Crippen LogP contribution in [0.5, 0.6) is 11.5 Å². The zero-order valence-corrected chi connectivity index (χ0v) is 33.8. The smallest absolute Gasteiger partial charge is 0.229 e. The van der Waals surface area contributed by atoms with E-state index in [2.05, 4.69) is 61.6 Å². The predicted molar refractivity (Wildman–Crippen MR) is 225 cm³/mol. The van der Waals surface area contributed by atoms with Crippen LogP contribution in [0, 0.1) is 5.82 Å². The van der Waals surface area contributed by atoms with Crippen LogP contribution in [0.3, 0.4) is 0 Å². The molecule has 4 unspecified atom stereocenters. The highest BCUT2D eigenvalue weighted by molar-refractivity contribution is 5.87. The van der Waals surface area contributed by atoms with Crippen LogP contribution in [-0.2, 0) is 12.8 Å². The third kappa shape index (κ3) is 9.31. The van der Waals surface area contributed by atoms with E-state index in [-0.39, 0.29) is 30.4 Å². The normalized spacial score (nSPS) is 22.9. The first-order valence-corrected chi connectivity index (χ1v) is 20.9. The van der Waals surface area contributed by atoms with Crippen molar-refractivity contribution in [2.24, 2.45) is 0 Å². The number of fused-ring (bicyclic) bond motifs is 2. The Morgan fingerprint density at radius 2 is 1.89 bits per heavy atom. The summed E-state index contributed by atoms with van der Waals surface area (Å²) in [7, 11) is 3.79. The van der Waals surface area contributed by atoms with Crippen LogP contribution in [-0.4, -0.2) is 104 Å². The van der Waals surface area contributed by atoms with Gasteiger partial charge < -0.3 is 40.1 Å². The fourth-order valence-corrected chi connectivity index (χ4v) is 8.70. The summed E-state index contributed by atoms with van der Waals surface area (Å²) in [4.78, 5) is 14.6. The lowest BCUT2D eigenvalue weighted by Gasteiger charge is -2.37. The monoisotopic (exact) mass is 782 g/mol. The van der Waals surface area contributed by atoms with E-state index < -0.39 is 0 Å². The SMILES string of the molecule is CCN1CC=C(c2c(F)c(NC3NC(C)CC(NC)N3)cc3c2OC(Cc2cc(NC)nc(Nc4cc(OCCCN5CCCC5)c5occc5c4)n2)C3)CCC1. The van der Waals surface area contributed by atoms with E-state index >= 15 is 4.39 Å². The van der Waals surface area contributed by atoms with E-state index in [0.717, 1.165) is 85.3 Å². The lowest BCUT2D eigenvalue weighted by molar-refractivity contribution is 0.230. The summed E-state index contributed by atoms with van der Waals surface area (Å²) in [5, 5.41) is 21.4. The van der Waals surface area contributed by atoms with Gasteiger partial charge in [-0.2, -0.15) is 4.98 Å². The molecular weight excluding hydrogens is 724 g/mol. The molecule has 6 heterocycles. The van der Waals surface area contributed by atoms with Crippen molar-refractivity contribution in [3.63, 3.8) is 0 Å². The lowest BCUT2D eigenvalue weighted by atomic mass is 9.95. The molecule has 14 heteroatoms. The highest BCUT2D eigenvalue weighted by Gasteiger charge is 2.33. The molecule has 4 atom stereocenters. The van der Waals surface area contributed by atoms with Crippen molar-refractivity contribution < 1.29 is 18.3 Å². The quantitative estimate of drug-likeness (QED) is 0.0758. The lowest BCUT2D eigenvalue weighted by Crippen LogP contribution is -2.63. The number of likely N-dealkylation sites (N-methyl/N-ethyl adjacent to an activating group) is 1. The molecule has 4 aliphatic rings. The first-order valence-electron chi connectivity index (χ1n) is 20.9. The largest absolute Gasteiger partial charge is 0.490 e. The molecule has 2 aromatic carbocycles. The second-order valence-corrected chi connectivity index (χ2v) is 15.9. The molecule has 0 amide bonds. The molecular formula is C43H59FN10O3. The van der Waals surface area contributed by atoms with Crippen molar-refractivity contribution in [1.82, 2.24) is 35.7 Å². The Balaban J connectivity index is 1.02. The molecule has 0 saturated carbocycles. The molecule has 2 fully saturated rings. The molecule has 0 radical (unpaired) electrons. The number of nitrogens with one attached hydrogen (secondary N) is 6. The van der Waals surface area contributed by atoms with E-state index in [0.29, 0.717) is 54.0 Å². The van der Waals surface area contributed by atoms with Crippen LogP contribution in [0.4, 0.5) is 27.5 Å². The zero-order valence-electron chi connectivity index (χ0n) is 33.8. The van der Waals surface area contributed by atoms with E-state index in [1.807, 2.05) is 44.4 Å². The summed E-state index contributed by atoms with van der Waals surface area (Å²) in [6.45, 7) is 11.1.